The van der Waals surface area contributed by atoms with Gasteiger partial charge in [-0.2, -0.15) is 19.3 Å². The Morgan fingerprint density at radius 1 is 0.519 bits per heavy atom. The van der Waals surface area contributed by atoms with Gasteiger partial charge in [0, 0.05) is 35.2 Å². The zero-order valence-electron chi connectivity index (χ0n) is 28.9. The molecular weight excluding hydrogens is 727 g/mol. The summed E-state index contributed by atoms with van der Waals surface area (Å²) in [6, 6.07) is 32.4. The molecule has 8 aromatic rings. The first-order valence-electron chi connectivity index (χ1n) is 17.2. The first-order chi connectivity index (χ1) is 26.3. The molecule has 1 aliphatic heterocycles. The summed E-state index contributed by atoms with van der Waals surface area (Å²) >= 11 is 12.5. The molecule has 1 aliphatic rings. The van der Waals surface area contributed by atoms with E-state index in [1.807, 2.05) is 74.5 Å². The summed E-state index contributed by atoms with van der Waals surface area (Å²) in [4.78, 5) is 43.2. The summed E-state index contributed by atoms with van der Waals surface area (Å²) < 4.78 is 6.26. The summed E-state index contributed by atoms with van der Waals surface area (Å²) in [6.45, 7) is 4.91. The maximum absolute atomic E-state index is 14.4. The standard InChI is InChI=1S/C38H30Cl2N12O2/c1-23-21-48(38-42-34-32(44-46-52(34)30-11-7-4-8-12-30)36(54)50(38)28-19-15-26(40)16-20-28)24(2)22-47(23)37-41-33-31(43-45-51(33)29-9-5-3-6-10-29)35(53)49(37)27-17-13-25(39)14-18-27/h3-20,23-24H,21-22H2,1-2H3. The summed E-state index contributed by atoms with van der Waals surface area (Å²) in [5, 5.41) is 18.3. The highest BCUT2D eigenvalue weighted by molar-refractivity contribution is 6.30. The van der Waals surface area contributed by atoms with Gasteiger partial charge in [0.15, 0.2) is 22.3 Å². The average molecular weight is 758 g/mol. The smallest absolute Gasteiger partial charge is 0.289 e. The second kappa shape index (κ2) is 13.2. The lowest BCUT2D eigenvalue weighted by molar-refractivity contribution is 0.461. The molecular formula is C38H30Cl2N12O2. The average Bonchev–Trinajstić information content (AvgIpc) is 3.83. The summed E-state index contributed by atoms with van der Waals surface area (Å²) in [7, 11) is 0. The van der Waals surface area contributed by atoms with Crippen LogP contribution in [0, 0.1) is 0 Å². The van der Waals surface area contributed by atoms with Crippen molar-refractivity contribution in [3.8, 4) is 22.7 Å². The fourth-order valence-corrected chi connectivity index (χ4v) is 7.17. The molecule has 0 N–H and O–H groups in total. The number of benzene rings is 4. The maximum Gasteiger partial charge on any atom is 0.289 e. The van der Waals surface area contributed by atoms with Gasteiger partial charge in [-0.05, 0) is 86.6 Å². The third-order valence-corrected chi connectivity index (χ3v) is 10.1. The molecule has 4 aromatic heterocycles. The highest BCUT2D eigenvalue weighted by Crippen LogP contribution is 2.30. The Bertz CT molecular complexity index is 2590. The quantitative estimate of drug-likeness (QED) is 0.209. The Hall–Kier alpha value is -6.38. The zero-order valence-corrected chi connectivity index (χ0v) is 30.4. The fourth-order valence-electron chi connectivity index (χ4n) is 6.92. The Morgan fingerprint density at radius 3 is 1.26 bits per heavy atom. The van der Waals surface area contributed by atoms with E-state index in [0.717, 1.165) is 11.4 Å². The second-order valence-corrected chi connectivity index (χ2v) is 14.0. The minimum atomic E-state index is -0.368. The molecule has 54 heavy (non-hydrogen) atoms. The van der Waals surface area contributed by atoms with E-state index in [1.54, 1.807) is 67.0 Å². The van der Waals surface area contributed by atoms with Crippen molar-refractivity contribution in [3.05, 3.63) is 140 Å². The number of nitrogens with zero attached hydrogens (tertiary/aromatic N) is 12. The maximum atomic E-state index is 14.4. The molecule has 16 heteroatoms. The number of anilines is 2. The molecule has 4 aromatic carbocycles. The van der Waals surface area contributed by atoms with E-state index in [9.17, 15) is 9.59 Å². The van der Waals surface area contributed by atoms with Gasteiger partial charge in [-0.3, -0.25) is 9.59 Å². The number of halogens is 2. The Kier molecular flexibility index (Phi) is 8.20. The van der Waals surface area contributed by atoms with Gasteiger partial charge in [0.05, 0.1) is 22.7 Å². The van der Waals surface area contributed by atoms with Gasteiger partial charge < -0.3 is 9.80 Å². The van der Waals surface area contributed by atoms with Crippen molar-refractivity contribution in [2.24, 2.45) is 0 Å². The molecule has 9 rings (SSSR count). The normalized spacial score (nSPS) is 16.1. The molecule has 0 aliphatic carbocycles. The van der Waals surface area contributed by atoms with Gasteiger partial charge >= 0.3 is 0 Å². The summed E-state index contributed by atoms with van der Waals surface area (Å²) in [6.07, 6.45) is 0. The van der Waals surface area contributed by atoms with Crippen molar-refractivity contribution < 1.29 is 0 Å². The molecule has 0 bridgehead atoms. The van der Waals surface area contributed by atoms with Gasteiger partial charge in [-0.25, -0.2) is 9.13 Å². The predicted octanol–water partition coefficient (Wildman–Crippen LogP) is 5.66. The van der Waals surface area contributed by atoms with Crippen LogP contribution in [0.25, 0.3) is 45.1 Å². The van der Waals surface area contributed by atoms with Gasteiger partial charge in [0.25, 0.3) is 11.1 Å². The van der Waals surface area contributed by atoms with Crippen molar-refractivity contribution >= 4 is 57.4 Å². The lowest BCUT2D eigenvalue weighted by atomic mass is 10.1. The molecule has 2 unspecified atom stereocenters. The monoisotopic (exact) mass is 756 g/mol. The number of aromatic nitrogens is 10. The molecule has 2 atom stereocenters. The number of fused-ring (bicyclic) bond motifs is 2. The molecule has 0 spiro atoms. The van der Waals surface area contributed by atoms with Crippen molar-refractivity contribution in [2.75, 3.05) is 22.9 Å². The third kappa shape index (κ3) is 5.58. The van der Waals surface area contributed by atoms with Crippen LogP contribution in [0.1, 0.15) is 13.8 Å². The molecule has 5 heterocycles. The molecule has 1 saturated heterocycles. The summed E-state index contributed by atoms with van der Waals surface area (Å²) in [5.74, 6) is 0.830. The van der Waals surface area contributed by atoms with Crippen LogP contribution in [0.15, 0.2) is 119 Å². The van der Waals surface area contributed by atoms with E-state index in [-0.39, 0.29) is 34.2 Å². The highest BCUT2D eigenvalue weighted by atomic mass is 35.5. The van der Waals surface area contributed by atoms with Gasteiger partial charge in [-0.1, -0.05) is 70.0 Å². The first kappa shape index (κ1) is 33.5. The lowest BCUT2D eigenvalue weighted by Gasteiger charge is -2.45. The van der Waals surface area contributed by atoms with Crippen molar-refractivity contribution in [1.82, 2.24) is 49.1 Å². The fraction of sp³-hybridized carbons (Fsp3) is 0.158. The van der Waals surface area contributed by atoms with Crippen LogP contribution in [0.4, 0.5) is 11.9 Å². The highest BCUT2D eigenvalue weighted by Gasteiger charge is 2.36. The second-order valence-electron chi connectivity index (χ2n) is 13.1. The van der Waals surface area contributed by atoms with Crippen molar-refractivity contribution in [2.45, 2.75) is 25.9 Å². The van der Waals surface area contributed by atoms with Gasteiger partial charge in [-0.15, -0.1) is 10.2 Å². The first-order valence-corrected chi connectivity index (χ1v) is 18.0. The van der Waals surface area contributed by atoms with Crippen LogP contribution in [0.5, 0.6) is 0 Å². The van der Waals surface area contributed by atoms with E-state index in [4.69, 9.17) is 33.2 Å². The number of para-hydroxylation sites is 2. The van der Waals surface area contributed by atoms with E-state index >= 15 is 0 Å². The van der Waals surface area contributed by atoms with Crippen molar-refractivity contribution in [1.29, 1.82) is 0 Å². The minimum Gasteiger partial charge on any atom is -0.335 e. The van der Waals surface area contributed by atoms with Gasteiger partial charge in [0.2, 0.25) is 11.9 Å². The van der Waals surface area contributed by atoms with Gasteiger partial charge in [0.1, 0.15) is 0 Å². The Labute approximate surface area is 317 Å². The largest absolute Gasteiger partial charge is 0.335 e. The Morgan fingerprint density at radius 2 is 0.889 bits per heavy atom. The van der Waals surface area contributed by atoms with Crippen LogP contribution >= 0.6 is 23.2 Å². The zero-order chi connectivity index (χ0) is 37.1. The van der Waals surface area contributed by atoms with Crippen LogP contribution in [0.3, 0.4) is 0 Å². The van der Waals surface area contributed by atoms with Crippen LogP contribution < -0.4 is 20.9 Å². The molecule has 268 valence electrons. The van der Waals surface area contributed by atoms with E-state index in [1.165, 1.54) is 0 Å². The molecule has 0 saturated carbocycles. The lowest BCUT2D eigenvalue weighted by Crippen LogP contribution is -2.59. The third-order valence-electron chi connectivity index (χ3n) is 9.59. The molecule has 0 radical (unpaired) electrons. The predicted molar refractivity (Wildman–Crippen MR) is 208 cm³/mol. The molecule has 14 nitrogen and oxygen atoms in total. The molecule has 1 fully saturated rings. The van der Waals surface area contributed by atoms with Crippen molar-refractivity contribution in [3.63, 3.8) is 0 Å². The van der Waals surface area contributed by atoms with Crippen LogP contribution in [-0.2, 0) is 0 Å². The SMILES string of the molecule is CC1CN(c2nc3c(nnn3-c3ccccc3)c(=O)n2-c2ccc(Cl)cc2)C(C)CN1c1nc2c(nnn2-c2ccccc2)c(=O)n1-c1ccc(Cl)cc1. The summed E-state index contributed by atoms with van der Waals surface area (Å²) in [5.41, 5.74) is 2.79. The topological polar surface area (TPSA) is 138 Å². The van der Waals surface area contributed by atoms with E-state index in [2.05, 4.69) is 30.4 Å². The number of hydrogen-bond acceptors (Lipinski definition) is 10. The minimum absolute atomic E-state index is 0.130. The Balaban J connectivity index is 1.19. The van der Waals surface area contributed by atoms with Crippen LogP contribution in [-0.4, -0.2) is 74.3 Å². The number of piperazine rings is 1. The number of hydrogen-bond donors (Lipinski definition) is 0. The van der Waals surface area contributed by atoms with E-state index < -0.39 is 0 Å². The molecule has 0 amide bonds. The number of rotatable bonds is 6. The van der Waals surface area contributed by atoms with E-state index in [0.29, 0.717) is 57.7 Å². The van der Waals surface area contributed by atoms with Crippen LogP contribution in [0.2, 0.25) is 10.0 Å².